The van der Waals surface area contributed by atoms with Gasteiger partial charge in [-0.25, -0.2) is 0 Å². The molecule has 152 valence electrons. The molecule has 0 bridgehead atoms. The molecule has 3 rings (SSSR count). The number of rotatable bonds is 7. The Hall–Kier alpha value is -2.68. The highest BCUT2D eigenvalue weighted by atomic mass is 32.2. The van der Waals surface area contributed by atoms with Crippen LogP contribution in [0.2, 0.25) is 0 Å². The van der Waals surface area contributed by atoms with Crippen LogP contribution >= 0.6 is 0 Å². The van der Waals surface area contributed by atoms with E-state index < -0.39 is 20.2 Å². The summed E-state index contributed by atoms with van der Waals surface area (Å²) >= 11 is 0. The van der Waals surface area contributed by atoms with Crippen molar-refractivity contribution in [3.05, 3.63) is 89.5 Å². The lowest BCUT2D eigenvalue weighted by atomic mass is 10.2. The van der Waals surface area contributed by atoms with Crippen molar-refractivity contribution in [2.45, 2.75) is 30.2 Å². The first kappa shape index (κ1) is 21.0. The van der Waals surface area contributed by atoms with Crippen molar-refractivity contribution in [3.8, 4) is 5.75 Å². The highest BCUT2D eigenvalue weighted by Gasteiger charge is 2.20. The molecular weight excluding hydrogens is 412 g/mol. The average Bonchev–Trinajstić information content (AvgIpc) is 2.68. The first-order valence-electron chi connectivity index (χ1n) is 8.72. The smallest absolute Gasteiger partial charge is 0.339 e. The molecule has 0 radical (unpaired) electrons. The Labute approximate surface area is 171 Å². The number of para-hydroxylation sites is 1. The molecule has 0 atom stereocenters. The summed E-state index contributed by atoms with van der Waals surface area (Å²) in [6, 6.07) is 18.7. The molecule has 29 heavy (non-hydrogen) atoms. The quantitative estimate of drug-likeness (QED) is 0.525. The molecule has 0 fully saturated rings. The third-order valence-corrected chi connectivity index (χ3v) is 6.69. The molecule has 0 unspecified atom stereocenters. The maximum Gasteiger partial charge on any atom is 0.339 e. The van der Waals surface area contributed by atoms with Gasteiger partial charge in [-0.3, -0.25) is 4.18 Å². The van der Waals surface area contributed by atoms with Crippen LogP contribution in [0.5, 0.6) is 5.75 Å². The van der Waals surface area contributed by atoms with E-state index in [2.05, 4.69) is 0 Å². The third kappa shape index (κ3) is 5.23. The molecule has 0 aliphatic rings. The van der Waals surface area contributed by atoms with Crippen LogP contribution in [0.15, 0.2) is 82.6 Å². The Bertz CT molecular complexity index is 1200. The zero-order valence-electron chi connectivity index (χ0n) is 15.9. The minimum Gasteiger partial charge on any atom is -0.379 e. The van der Waals surface area contributed by atoms with Gasteiger partial charge in [0, 0.05) is 5.56 Å². The second-order valence-electron chi connectivity index (χ2n) is 6.49. The molecule has 0 spiro atoms. The topological polar surface area (TPSA) is 86.7 Å². The van der Waals surface area contributed by atoms with Crippen molar-refractivity contribution in [2.75, 3.05) is 0 Å². The van der Waals surface area contributed by atoms with Gasteiger partial charge < -0.3 is 4.18 Å². The Morgan fingerprint density at radius 1 is 0.655 bits per heavy atom. The van der Waals surface area contributed by atoms with Crippen LogP contribution in [0.3, 0.4) is 0 Å². The normalized spacial score (nSPS) is 11.9. The summed E-state index contributed by atoms with van der Waals surface area (Å²) in [7, 11) is -8.07. The lowest BCUT2D eigenvalue weighted by molar-refractivity contribution is 0.304. The predicted molar refractivity (Wildman–Crippen MR) is 109 cm³/mol. The molecule has 3 aromatic carbocycles. The molecule has 0 N–H and O–H groups in total. The SMILES string of the molecule is Cc1ccc(S(=O)(=O)OCc2ccccc2OS(=O)(=O)c2ccc(C)cc2)cc1. The first-order chi connectivity index (χ1) is 13.7. The van der Waals surface area contributed by atoms with Gasteiger partial charge in [0.05, 0.1) is 11.5 Å². The number of benzene rings is 3. The highest BCUT2D eigenvalue weighted by Crippen LogP contribution is 2.25. The second kappa shape index (κ2) is 8.36. The van der Waals surface area contributed by atoms with Gasteiger partial charge in [0.25, 0.3) is 10.1 Å². The molecule has 3 aromatic rings. The van der Waals surface area contributed by atoms with E-state index in [-0.39, 0.29) is 22.1 Å². The van der Waals surface area contributed by atoms with Crippen LogP contribution in [0, 0.1) is 13.8 Å². The van der Waals surface area contributed by atoms with E-state index in [1.807, 2.05) is 13.8 Å². The molecule has 8 heteroatoms. The zero-order chi connectivity index (χ0) is 21.1. The first-order valence-corrected chi connectivity index (χ1v) is 11.5. The van der Waals surface area contributed by atoms with Gasteiger partial charge in [-0.2, -0.15) is 16.8 Å². The lowest BCUT2D eigenvalue weighted by Crippen LogP contribution is -2.12. The van der Waals surface area contributed by atoms with Crippen molar-refractivity contribution in [1.29, 1.82) is 0 Å². The van der Waals surface area contributed by atoms with Gasteiger partial charge in [0.1, 0.15) is 10.6 Å². The maximum atomic E-state index is 12.5. The van der Waals surface area contributed by atoms with Crippen molar-refractivity contribution >= 4 is 20.2 Å². The molecule has 0 saturated carbocycles. The summed E-state index contributed by atoms with van der Waals surface area (Å²) in [6.07, 6.45) is 0. The Kier molecular flexibility index (Phi) is 6.07. The minimum atomic E-state index is -4.07. The van der Waals surface area contributed by atoms with Gasteiger partial charge in [-0.05, 0) is 44.2 Å². The summed E-state index contributed by atoms with van der Waals surface area (Å²) in [5.74, 6) is 0.00665. The van der Waals surface area contributed by atoms with Crippen molar-refractivity contribution in [3.63, 3.8) is 0 Å². The Balaban J connectivity index is 1.80. The molecule has 6 nitrogen and oxygen atoms in total. The molecule has 0 heterocycles. The number of hydrogen-bond donors (Lipinski definition) is 0. The number of hydrogen-bond acceptors (Lipinski definition) is 6. The summed E-state index contributed by atoms with van der Waals surface area (Å²) in [6.45, 7) is 3.33. The van der Waals surface area contributed by atoms with Crippen molar-refractivity contribution in [2.24, 2.45) is 0 Å². The molecule has 0 aliphatic heterocycles. The monoisotopic (exact) mass is 432 g/mol. The minimum absolute atomic E-state index is 0.00565. The molecule has 0 saturated heterocycles. The predicted octanol–water partition coefficient (Wildman–Crippen LogP) is 3.98. The van der Waals surface area contributed by atoms with Crippen LogP contribution in [0.4, 0.5) is 0 Å². The third-order valence-electron chi connectivity index (χ3n) is 4.16. The summed E-state index contributed by atoms with van der Waals surface area (Å²) in [4.78, 5) is 0.0277. The van der Waals surface area contributed by atoms with E-state index >= 15 is 0 Å². The van der Waals surface area contributed by atoms with E-state index in [1.54, 1.807) is 42.5 Å². The second-order valence-corrected chi connectivity index (χ2v) is 9.65. The van der Waals surface area contributed by atoms with Crippen LogP contribution < -0.4 is 4.18 Å². The van der Waals surface area contributed by atoms with E-state index in [0.29, 0.717) is 5.56 Å². The fourth-order valence-corrected chi connectivity index (χ4v) is 4.34. The standard InChI is InChI=1S/C21H20O6S2/c1-16-7-11-19(12-8-16)28(22,23)26-15-18-5-3-4-6-21(18)27-29(24,25)20-13-9-17(2)10-14-20/h3-14H,15H2,1-2H3. The van der Waals surface area contributed by atoms with Gasteiger partial charge in [-0.1, -0.05) is 53.6 Å². The zero-order valence-corrected chi connectivity index (χ0v) is 17.5. The van der Waals surface area contributed by atoms with Crippen molar-refractivity contribution < 1.29 is 25.2 Å². The van der Waals surface area contributed by atoms with E-state index in [4.69, 9.17) is 8.37 Å². The highest BCUT2D eigenvalue weighted by molar-refractivity contribution is 7.87. The molecular formula is C21H20O6S2. The van der Waals surface area contributed by atoms with E-state index in [1.165, 1.54) is 30.3 Å². The van der Waals surface area contributed by atoms with Crippen LogP contribution in [0.25, 0.3) is 0 Å². The molecule has 0 aliphatic carbocycles. The van der Waals surface area contributed by atoms with E-state index in [0.717, 1.165) is 11.1 Å². The largest absolute Gasteiger partial charge is 0.379 e. The Morgan fingerprint density at radius 3 is 1.69 bits per heavy atom. The number of aryl methyl sites for hydroxylation is 2. The van der Waals surface area contributed by atoms with Crippen LogP contribution in [-0.4, -0.2) is 16.8 Å². The van der Waals surface area contributed by atoms with Crippen LogP contribution in [-0.2, 0) is 31.0 Å². The van der Waals surface area contributed by atoms with Gasteiger partial charge in [0.2, 0.25) is 0 Å². The summed E-state index contributed by atoms with van der Waals surface area (Å²) < 4.78 is 60.2. The van der Waals surface area contributed by atoms with Crippen LogP contribution in [0.1, 0.15) is 16.7 Å². The lowest BCUT2D eigenvalue weighted by Gasteiger charge is -2.12. The summed E-state index contributed by atoms with van der Waals surface area (Å²) in [5, 5.41) is 0. The maximum absolute atomic E-state index is 12.5. The van der Waals surface area contributed by atoms with E-state index in [9.17, 15) is 16.8 Å². The molecule has 0 amide bonds. The summed E-state index contributed by atoms with van der Waals surface area (Å²) in [5.41, 5.74) is 2.13. The fourth-order valence-electron chi connectivity index (χ4n) is 2.49. The van der Waals surface area contributed by atoms with Gasteiger partial charge in [0.15, 0.2) is 0 Å². The average molecular weight is 433 g/mol. The van der Waals surface area contributed by atoms with Gasteiger partial charge in [-0.15, -0.1) is 0 Å². The Morgan fingerprint density at radius 2 is 1.14 bits per heavy atom. The fraction of sp³-hybridized carbons (Fsp3) is 0.143. The van der Waals surface area contributed by atoms with Gasteiger partial charge >= 0.3 is 10.1 Å². The molecule has 0 aromatic heterocycles. The van der Waals surface area contributed by atoms with Crippen molar-refractivity contribution in [1.82, 2.24) is 0 Å².